The minimum atomic E-state index is -1.21. The molecule has 5 heterocycles. The summed E-state index contributed by atoms with van der Waals surface area (Å²) in [6, 6.07) is -1.45. The van der Waals surface area contributed by atoms with Gasteiger partial charge in [0, 0.05) is 13.0 Å². The number of aliphatic hydroxyl groups is 2. The molecule has 2 aliphatic heterocycles. The van der Waals surface area contributed by atoms with E-state index in [-0.39, 0.29) is 25.3 Å². The maximum atomic E-state index is 12.2. The summed E-state index contributed by atoms with van der Waals surface area (Å²) in [5, 5.41) is 31.1. The first-order chi connectivity index (χ1) is 15.5. The van der Waals surface area contributed by atoms with Crippen molar-refractivity contribution in [2.75, 3.05) is 18.9 Å². The number of nitrogen functional groups attached to an aromatic ring is 1. The van der Waals surface area contributed by atoms with E-state index in [1.165, 1.54) is 15.9 Å². The van der Waals surface area contributed by atoms with Crippen molar-refractivity contribution in [3.8, 4) is 0 Å². The summed E-state index contributed by atoms with van der Waals surface area (Å²) in [6.07, 6.45) is 1.51. The van der Waals surface area contributed by atoms with Crippen LogP contribution in [0, 0.1) is 0 Å². The van der Waals surface area contributed by atoms with E-state index in [4.69, 9.17) is 10.5 Å². The highest BCUT2D eigenvalue weighted by Gasteiger charge is 2.49. The quantitative estimate of drug-likeness (QED) is 0.327. The number of carbonyl (C=O) groups is 2. The van der Waals surface area contributed by atoms with Crippen molar-refractivity contribution in [3.63, 3.8) is 0 Å². The van der Waals surface area contributed by atoms with Gasteiger partial charge in [0.2, 0.25) is 5.91 Å². The van der Waals surface area contributed by atoms with Gasteiger partial charge in [-0.3, -0.25) is 15.0 Å². The van der Waals surface area contributed by atoms with Crippen LogP contribution in [0.1, 0.15) is 18.2 Å². The number of imidazole rings is 1. The van der Waals surface area contributed by atoms with E-state index in [2.05, 4.69) is 30.6 Å². The van der Waals surface area contributed by atoms with E-state index >= 15 is 0 Å². The van der Waals surface area contributed by atoms with E-state index in [1.54, 1.807) is 17.1 Å². The molecule has 5 rings (SSSR count). The Bertz CT molecular complexity index is 1180. The zero-order valence-corrected chi connectivity index (χ0v) is 16.6. The summed E-state index contributed by atoms with van der Waals surface area (Å²) >= 11 is 0. The number of hydrogen-bond donors (Lipinski definition) is 4. The minimum absolute atomic E-state index is 0.0905. The van der Waals surface area contributed by atoms with Crippen LogP contribution >= 0.6 is 0 Å². The monoisotopic (exact) mass is 444 g/mol. The lowest BCUT2D eigenvalue weighted by Gasteiger charge is -2.33. The molecule has 0 aliphatic carbocycles. The van der Waals surface area contributed by atoms with Crippen LogP contribution in [0.3, 0.4) is 0 Å². The number of amides is 3. The Hall–Kier alpha value is -3.69. The third-order valence-electron chi connectivity index (χ3n) is 5.54. The van der Waals surface area contributed by atoms with Gasteiger partial charge in [-0.05, 0) is 0 Å². The minimum Gasteiger partial charge on any atom is -0.394 e. The van der Waals surface area contributed by atoms with Crippen molar-refractivity contribution >= 4 is 28.9 Å². The van der Waals surface area contributed by atoms with E-state index < -0.39 is 43.0 Å². The first-order valence-corrected chi connectivity index (χ1v) is 9.83. The fourth-order valence-electron chi connectivity index (χ4n) is 4.00. The number of aliphatic hydroxyl groups excluding tert-OH is 2. The number of imide groups is 1. The molecule has 0 radical (unpaired) electrons. The first kappa shape index (κ1) is 20.2. The van der Waals surface area contributed by atoms with Crippen LogP contribution in [0.2, 0.25) is 0 Å². The Kier molecular flexibility index (Phi) is 4.91. The van der Waals surface area contributed by atoms with Gasteiger partial charge in [-0.2, -0.15) is 0 Å². The summed E-state index contributed by atoms with van der Waals surface area (Å²) in [5.74, 6) is -0.127. The molecule has 2 saturated heterocycles. The van der Waals surface area contributed by atoms with Gasteiger partial charge < -0.3 is 25.3 Å². The van der Waals surface area contributed by atoms with Gasteiger partial charge in [-0.1, -0.05) is 5.21 Å². The molecule has 5 N–H and O–H groups in total. The third kappa shape index (κ3) is 3.31. The third-order valence-corrected chi connectivity index (χ3v) is 5.54. The van der Waals surface area contributed by atoms with Crippen molar-refractivity contribution in [3.05, 3.63) is 24.5 Å². The molecule has 168 valence electrons. The number of rotatable bonds is 5. The van der Waals surface area contributed by atoms with Crippen molar-refractivity contribution in [1.29, 1.82) is 0 Å². The second-order valence-electron chi connectivity index (χ2n) is 7.52. The standard InChI is InChI=1S/C17H20N10O5/c18-14-11-15(20-6-19-14)25(7-21-11)3-8-4-27(24-23-8)12-9(5-28)32-16(13(12)30)26-2-1-10(29)22-17(26)31/h4,6-7,9,12-13,16,28,30H,1-3,5H2,(H2,18,19,20)(H,22,29,31)/t9-,12+,13?,16-/m1/s1. The molecule has 2 aliphatic rings. The molecule has 3 aromatic heterocycles. The van der Waals surface area contributed by atoms with Crippen LogP contribution in [-0.2, 0) is 16.1 Å². The highest BCUT2D eigenvalue weighted by Crippen LogP contribution is 2.33. The number of carbonyl (C=O) groups excluding carboxylic acids is 2. The van der Waals surface area contributed by atoms with E-state index in [0.717, 1.165) is 0 Å². The smallest absolute Gasteiger partial charge is 0.326 e. The van der Waals surface area contributed by atoms with Crippen molar-refractivity contribution in [2.24, 2.45) is 0 Å². The summed E-state index contributed by atoms with van der Waals surface area (Å²) in [7, 11) is 0. The van der Waals surface area contributed by atoms with Crippen LogP contribution in [0.15, 0.2) is 18.9 Å². The molecular formula is C17H20N10O5. The highest BCUT2D eigenvalue weighted by molar-refractivity contribution is 5.96. The zero-order chi connectivity index (χ0) is 22.4. The van der Waals surface area contributed by atoms with Gasteiger partial charge >= 0.3 is 6.03 Å². The Balaban J connectivity index is 1.37. The molecule has 2 fully saturated rings. The number of nitrogens with one attached hydrogen (secondary N) is 1. The van der Waals surface area contributed by atoms with Gasteiger partial charge in [-0.25, -0.2) is 24.4 Å². The van der Waals surface area contributed by atoms with Crippen LogP contribution < -0.4 is 11.1 Å². The Labute approximate surface area is 179 Å². The molecule has 3 amide bonds. The Morgan fingerprint density at radius 1 is 1.28 bits per heavy atom. The van der Waals surface area contributed by atoms with Crippen molar-refractivity contribution in [1.82, 2.24) is 44.7 Å². The van der Waals surface area contributed by atoms with E-state index in [1.807, 2.05) is 0 Å². The zero-order valence-electron chi connectivity index (χ0n) is 16.6. The molecule has 4 atom stereocenters. The number of anilines is 1. The van der Waals surface area contributed by atoms with Crippen LogP contribution in [0.25, 0.3) is 11.2 Å². The average Bonchev–Trinajstić information content (AvgIpc) is 3.47. The summed E-state index contributed by atoms with van der Waals surface area (Å²) in [4.78, 5) is 37.1. The molecule has 15 heteroatoms. The molecule has 0 saturated carbocycles. The fraction of sp³-hybridized carbons (Fsp3) is 0.471. The lowest BCUT2D eigenvalue weighted by atomic mass is 10.1. The predicted molar refractivity (Wildman–Crippen MR) is 105 cm³/mol. The Morgan fingerprint density at radius 3 is 2.91 bits per heavy atom. The summed E-state index contributed by atoms with van der Waals surface area (Å²) in [5.41, 5.74) is 7.36. The number of urea groups is 1. The number of nitrogens with zero attached hydrogens (tertiary/aromatic N) is 8. The normalized spacial score (nSPS) is 26.1. The van der Waals surface area contributed by atoms with Gasteiger partial charge in [-0.15, -0.1) is 5.10 Å². The van der Waals surface area contributed by atoms with Gasteiger partial charge in [0.25, 0.3) is 0 Å². The van der Waals surface area contributed by atoms with Gasteiger partial charge in [0.05, 0.1) is 25.7 Å². The second kappa shape index (κ2) is 7.77. The number of nitrogens with two attached hydrogens (primary N) is 1. The molecule has 0 bridgehead atoms. The van der Waals surface area contributed by atoms with Crippen molar-refractivity contribution < 1.29 is 24.5 Å². The van der Waals surface area contributed by atoms with Gasteiger partial charge in [0.1, 0.15) is 35.8 Å². The molecule has 1 unspecified atom stereocenters. The maximum absolute atomic E-state index is 12.2. The summed E-state index contributed by atoms with van der Waals surface area (Å²) in [6.45, 7) is -0.0385. The second-order valence-corrected chi connectivity index (χ2v) is 7.52. The molecule has 15 nitrogen and oxygen atoms in total. The summed E-state index contributed by atoms with van der Waals surface area (Å²) < 4.78 is 8.87. The Morgan fingerprint density at radius 2 is 2.12 bits per heavy atom. The number of fused-ring (bicyclic) bond motifs is 1. The van der Waals surface area contributed by atoms with Gasteiger partial charge in [0.15, 0.2) is 17.7 Å². The maximum Gasteiger partial charge on any atom is 0.326 e. The van der Waals surface area contributed by atoms with Crippen LogP contribution in [-0.4, -0.2) is 93.2 Å². The number of aromatic nitrogens is 7. The lowest BCUT2D eigenvalue weighted by Crippen LogP contribution is -2.56. The molecule has 32 heavy (non-hydrogen) atoms. The van der Waals surface area contributed by atoms with E-state index in [0.29, 0.717) is 16.9 Å². The number of hydrogen-bond acceptors (Lipinski definition) is 11. The van der Waals surface area contributed by atoms with Crippen LogP contribution in [0.4, 0.5) is 10.6 Å². The lowest BCUT2D eigenvalue weighted by molar-refractivity contribution is -0.125. The SMILES string of the molecule is Nc1ncnc2c1ncn2Cc1cn([C@@H]2C(O)[C@H](N3CCC(=O)NC3=O)O[C@@H]2CO)nn1. The first-order valence-electron chi connectivity index (χ1n) is 9.83. The molecule has 3 aromatic rings. The molecular weight excluding hydrogens is 424 g/mol. The van der Waals surface area contributed by atoms with Crippen molar-refractivity contribution in [2.45, 2.75) is 37.4 Å². The van der Waals surface area contributed by atoms with Crippen LogP contribution in [0.5, 0.6) is 0 Å². The topological polar surface area (TPSA) is 199 Å². The highest BCUT2D eigenvalue weighted by atomic mass is 16.5. The fourth-order valence-corrected chi connectivity index (χ4v) is 4.00. The number of ether oxygens (including phenoxy) is 1. The average molecular weight is 444 g/mol. The largest absolute Gasteiger partial charge is 0.394 e. The predicted octanol–water partition coefficient (Wildman–Crippen LogP) is -2.39. The molecule has 0 aromatic carbocycles. The van der Waals surface area contributed by atoms with E-state index in [9.17, 15) is 19.8 Å². The molecule has 0 spiro atoms.